The van der Waals surface area contributed by atoms with Crippen LogP contribution in [0.2, 0.25) is 0 Å². The Morgan fingerprint density at radius 2 is 1.52 bits per heavy atom. The third-order valence-corrected chi connectivity index (χ3v) is 7.43. The van der Waals surface area contributed by atoms with Gasteiger partial charge in [-0.15, -0.1) is 12.8 Å². The van der Waals surface area contributed by atoms with Crippen molar-refractivity contribution in [1.29, 1.82) is 0 Å². The van der Waals surface area contributed by atoms with Gasteiger partial charge in [-0.25, -0.2) is 4.39 Å². The van der Waals surface area contributed by atoms with Crippen LogP contribution in [-0.4, -0.2) is 71.2 Å². The number of methoxy groups -OCH3 is 3. The molecule has 7 nitrogen and oxygen atoms in total. The number of aryl methyl sites for hydroxylation is 2. The van der Waals surface area contributed by atoms with Gasteiger partial charge in [-0.3, -0.25) is 0 Å². The van der Waals surface area contributed by atoms with Crippen molar-refractivity contribution in [2.45, 2.75) is 45.6 Å². The quantitative estimate of drug-likeness (QED) is 0.161. The molecule has 8 heteroatoms. The molecule has 0 radical (unpaired) electrons. The molecule has 3 aromatic rings. The highest BCUT2D eigenvalue weighted by Gasteiger charge is 2.13. The van der Waals surface area contributed by atoms with E-state index in [1.54, 1.807) is 39.5 Å². The number of rotatable bonds is 14. The molecule has 3 aromatic carbocycles. The average Bonchev–Trinajstić information content (AvgIpc) is 3.05. The summed E-state index contributed by atoms with van der Waals surface area (Å²) < 4.78 is 36.0. The fraction of sp³-hybridized carbons (Fsp3) is 0.444. The molecule has 0 saturated carbocycles. The van der Waals surface area contributed by atoms with Crippen molar-refractivity contribution in [3.8, 4) is 35.8 Å². The van der Waals surface area contributed by atoms with Gasteiger partial charge < -0.3 is 33.9 Å². The molecule has 0 heterocycles. The number of anilines is 1. The minimum atomic E-state index is -0.345. The molecule has 0 atom stereocenters. The number of halogens is 1. The fourth-order valence-electron chi connectivity index (χ4n) is 5.01. The van der Waals surface area contributed by atoms with E-state index in [-0.39, 0.29) is 11.6 Å². The molecule has 0 aromatic heterocycles. The van der Waals surface area contributed by atoms with E-state index < -0.39 is 0 Å². The van der Waals surface area contributed by atoms with Crippen molar-refractivity contribution in [1.82, 2.24) is 4.90 Å². The normalized spacial score (nSPS) is 11.8. The molecule has 0 saturated heterocycles. The third-order valence-electron chi connectivity index (χ3n) is 7.43. The van der Waals surface area contributed by atoms with Gasteiger partial charge in [-0.05, 0) is 99.2 Å². The summed E-state index contributed by atoms with van der Waals surface area (Å²) in [7, 11) is 6.94. The van der Waals surface area contributed by atoms with Crippen molar-refractivity contribution in [3.05, 3.63) is 77.1 Å². The number of terminal acetylenes is 1. The number of benzene rings is 3. The van der Waals surface area contributed by atoms with Gasteiger partial charge in [-0.2, -0.15) is 0 Å². The lowest BCUT2D eigenvalue weighted by Gasteiger charge is -2.24. The number of phenols is 1. The van der Waals surface area contributed by atoms with Crippen LogP contribution in [0.5, 0.6) is 23.0 Å². The van der Waals surface area contributed by atoms with Gasteiger partial charge in [0, 0.05) is 51.6 Å². The van der Waals surface area contributed by atoms with Crippen LogP contribution in [0.25, 0.3) is 0 Å². The number of likely N-dealkylation sites (N-methyl/N-ethyl adjacent to an activating group) is 1. The number of phenolic OH excluding ortho intramolecular Hbond substituents is 1. The van der Waals surface area contributed by atoms with Gasteiger partial charge >= 0.3 is 0 Å². The first-order chi connectivity index (χ1) is 21.4. The van der Waals surface area contributed by atoms with E-state index in [1.807, 2.05) is 43.4 Å². The smallest absolute Gasteiger partial charge is 0.165 e. The largest absolute Gasteiger partial charge is 0.508 e. The van der Waals surface area contributed by atoms with Crippen molar-refractivity contribution in [2.24, 2.45) is 0 Å². The Kier molecular flexibility index (Phi) is 16.6. The molecule has 1 N–H and O–H groups in total. The van der Waals surface area contributed by atoms with Crippen LogP contribution < -0.4 is 19.1 Å². The van der Waals surface area contributed by atoms with Crippen LogP contribution in [0.1, 0.15) is 42.9 Å². The second-order valence-corrected chi connectivity index (χ2v) is 10.5. The molecule has 0 aliphatic heterocycles. The van der Waals surface area contributed by atoms with E-state index in [4.69, 9.17) is 18.9 Å². The van der Waals surface area contributed by atoms with Gasteiger partial charge in [0.25, 0.3) is 0 Å². The Hall–Kier alpha value is -3.93. The second kappa shape index (κ2) is 20.1. The van der Waals surface area contributed by atoms with Crippen LogP contribution in [0.3, 0.4) is 0 Å². The van der Waals surface area contributed by atoms with Crippen molar-refractivity contribution >= 4 is 5.69 Å². The summed E-state index contributed by atoms with van der Waals surface area (Å²) in [6.07, 6.45) is 13.9. The lowest BCUT2D eigenvalue weighted by Crippen LogP contribution is -2.26. The van der Waals surface area contributed by atoms with E-state index in [0.717, 1.165) is 50.3 Å². The Morgan fingerprint density at radius 3 is 2.18 bits per heavy atom. The highest BCUT2D eigenvalue weighted by atomic mass is 19.1. The zero-order chi connectivity index (χ0) is 32.3. The molecule has 4 rings (SSSR count). The van der Waals surface area contributed by atoms with Gasteiger partial charge in [0.05, 0.1) is 14.2 Å². The summed E-state index contributed by atoms with van der Waals surface area (Å²) in [4.78, 5) is 4.29. The lowest BCUT2D eigenvalue weighted by molar-refractivity contribution is 0.171. The highest BCUT2D eigenvalue weighted by Crippen LogP contribution is 2.32. The van der Waals surface area contributed by atoms with Crippen molar-refractivity contribution in [2.75, 3.05) is 66.1 Å². The highest BCUT2D eigenvalue weighted by molar-refractivity contribution is 5.56. The number of aromatic hydroxyl groups is 1. The number of ether oxygens (including phenoxy) is 4. The maximum absolute atomic E-state index is 14.6. The molecule has 0 bridgehead atoms. The Labute approximate surface area is 263 Å². The molecule has 240 valence electrons. The average molecular weight is 609 g/mol. The Balaban J connectivity index is 0.000000427. The molecule has 1 aliphatic carbocycles. The summed E-state index contributed by atoms with van der Waals surface area (Å²) in [5.41, 5.74) is 4.63. The van der Waals surface area contributed by atoms with Crippen LogP contribution in [0.15, 0.2) is 54.6 Å². The topological polar surface area (TPSA) is 63.6 Å². The van der Waals surface area contributed by atoms with Crippen LogP contribution in [0.4, 0.5) is 10.1 Å². The second-order valence-electron chi connectivity index (χ2n) is 10.5. The fourth-order valence-corrected chi connectivity index (χ4v) is 5.01. The number of nitrogens with zero attached hydrogens (tertiary/aromatic N) is 2. The molecule has 1 aliphatic rings. The van der Waals surface area contributed by atoms with E-state index in [1.165, 1.54) is 30.4 Å². The number of fused-ring (bicyclic) bond motifs is 1. The predicted octanol–water partition coefficient (Wildman–Crippen LogP) is 6.74. The standard InChI is InChI=1S/C24H35FN2O4.C10H12O.C2H2/c1-6-27(20-9-11-23(29-4)24(17-20)30-5)18-19-8-10-22(21(25)16-19)31-15-13-26(2)12-7-14-28-3;11-10-6-5-8-3-1-2-4-9(8)7-10;1-2/h8-11,16-17H,6-7,12-15,18H2,1-5H3;5-7,11H,1-4H2;1-2H. The summed E-state index contributed by atoms with van der Waals surface area (Å²) in [5, 5.41) is 9.19. The van der Waals surface area contributed by atoms with Crippen LogP contribution in [-0.2, 0) is 24.1 Å². The summed E-state index contributed by atoms with van der Waals surface area (Å²) in [6.45, 7) is 6.23. The zero-order valence-electron chi connectivity index (χ0n) is 27.0. The minimum absolute atomic E-state index is 0.281. The van der Waals surface area contributed by atoms with Gasteiger partial charge in [-0.1, -0.05) is 12.1 Å². The summed E-state index contributed by atoms with van der Waals surface area (Å²) in [6, 6.07) is 16.7. The van der Waals surface area contributed by atoms with Gasteiger partial charge in [0.1, 0.15) is 12.4 Å². The predicted molar refractivity (Wildman–Crippen MR) is 177 cm³/mol. The molecular weight excluding hydrogens is 559 g/mol. The first-order valence-corrected chi connectivity index (χ1v) is 15.1. The van der Waals surface area contributed by atoms with Crippen molar-refractivity contribution < 1.29 is 28.4 Å². The van der Waals surface area contributed by atoms with E-state index in [9.17, 15) is 9.50 Å². The van der Waals surface area contributed by atoms with Crippen LogP contribution in [0, 0.1) is 18.7 Å². The Bertz CT molecular complexity index is 1280. The van der Waals surface area contributed by atoms with E-state index in [0.29, 0.717) is 30.4 Å². The number of hydrogen-bond acceptors (Lipinski definition) is 7. The maximum atomic E-state index is 14.6. The molecule has 0 unspecified atom stereocenters. The van der Waals surface area contributed by atoms with Crippen molar-refractivity contribution in [3.63, 3.8) is 0 Å². The molecule has 44 heavy (non-hydrogen) atoms. The lowest BCUT2D eigenvalue weighted by atomic mass is 9.92. The molecule has 0 fully saturated rings. The third kappa shape index (κ3) is 11.6. The molecular formula is C36H49FN2O5. The summed E-state index contributed by atoms with van der Waals surface area (Å²) >= 11 is 0. The first-order valence-electron chi connectivity index (χ1n) is 15.1. The van der Waals surface area contributed by atoms with E-state index in [2.05, 4.69) is 29.6 Å². The zero-order valence-corrected chi connectivity index (χ0v) is 27.0. The first kappa shape index (κ1) is 36.3. The molecule has 0 spiro atoms. The maximum Gasteiger partial charge on any atom is 0.165 e. The van der Waals surface area contributed by atoms with Gasteiger partial charge in [0.15, 0.2) is 23.1 Å². The van der Waals surface area contributed by atoms with E-state index >= 15 is 0 Å². The summed E-state index contributed by atoms with van der Waals surface area (Å²) in [5.74, 6) is 1.69. The monoisotopic (exact) mass is 608 g/mol. The molecule has 0 amide bonds. The number of hydrogen-bond donors (Lipinski definition) is 1. The Morgan fingerprint density at radius 1 is 0.818 bits per heavy atom. The van der Waals surface area contributed by atoms with Gasteiger partial charge in [0.2, 0.25) is 0 Å². The minimum Gasteiger partial charge on any atom is -0.508 e. The SMILES string of the molecule is C#C.CCN(Cc1ccc(OCCN(C)CCCOC)c(F)c1)c1ccc(OC)c(OC)c1.Oc1ccc2c(c1)CCCC2. The van der Waals surface area contributed by atoms with Crippen LogP contribution >= 0.6 is 0 Å².